The molecule has 0 bridgehead atoms. The van der Waals surface area contributed by atoms with Crippen LogP contribution in [0.2, 0.25) is 0 Å². The zero-order chi connectivity index (χ0) is 21.7. The van der Waals surface area contributed by atoms with Crippen molar-refractivity contribution in [3.05, 3.63) is 53.3 Å². The second kappa shape index (κ2) is 11.4. The maximum atomic E-state index is 13.9. The minimum Gasteiger partial charge on any atom is -0.481 e. The second-order valence-corrected chi connectivity index (χ2v) is 8.20. The molecule has 0 aliphatic rings. The van der Waals surface area contributed by atoms with E-state index in [1.54, 1.807) is 17.0 Å². The maximum absolute atomic E-state index is 13.9. The Balaban J connectivity index is 0.00000341. The third-order valence-electron chi connectivity index (χ3n) is 5.06. The molecule has 0 saturated heterocycles. The van der Waals surface area contributed by atoms with Gasteiger partial charge in [0.1, 0.15) is 0 Å². The summed E-state index contributed by atoms with van der Waals surface area (Å²) in [4.78, 5) is 21.7. The van der Waals surface area contributed by atoms with Gasteiger partial charge in [-0.3, -0.25) is 9.69 Å². The predicted octanol–water partition coefficient (Wildman–Crippen LogP) is 5.23. The number of anilines is 1. The van der Waals surface area contributed by atoms with Gasteiger partial charge < -0.3 is 9.64 Å². The summed E-state index contributed by atoms with van der Waals surface area (Å²) in [5, 5.41) is 0.646. The van der Waals surface area contributed by atoms with Crippen molar-refractivity contribution in [1.82, 2.24) is 9.88 Å². The van der Waals surface area contributed by atoms with Crippen LogP contribution < -0.4 is 9.64 Å². The van der Waals surface area contributed by atoms with Gasteiger partial charge >= 0.3 is 0 Å². The molecule has 31 heavy (non-hydrogen) atoms. The molecule has 0 spiro atoms. The van der Waals surface area contributed by atoms with Gasteiger partial charge in [0, 0.05) is 13.1 Å². The Morgan fingerprint density at radius 1 is 1.13 bits per heavy atom. The van der Waals surface area contributed by atoms with E-state index >= 15 is 0 Å². The Bertz CT molecular complexity index is 1020. The van der Waals surface area contributed by atoms with E-state index in [0.717, 1.165) is 41.0 Å². The summed E-state index contributed by atoms with van der Waals surface area (Å²) in [5.41, 5.74) is 3.18. The molecule has 0 aliphatic heterocycles. The number of hydrogen-bond acceptors (Lipinski definition) is 5. The van der Waals surface area contributed by atoms with E-state index in [1.807, 2.05) is 13.0 Å². The first-order valence-electron chi connectivity index (χ1n) is 10.2. The molecule has 1 aromatic heterocycles. The lowest BCUT2D eigenvalue weighted by Gasteiger charge is -2.24. The number of thiazole rings is 1. The van der Waals surface area contributed by atoms with Crippen molar-refractivity contribution >= 4 is 45.0 Å². The van der Waals surface area contributed by atoms with Gasteiger partial charge in [-0.05, 0) is 56.3 Å². The highest BCUT2D eigenvalue weighted by atomic mass is 35.5. The fourth-order valence-corrected chi connectivity index (χ4v) is 4.43. The number of carbonyl (C=O) groups is 1. The largest absolute Gasteiger partial charge is 0.481 e. The fourth-order valence-electron chi connectivity index (χ4n) is 3.37. The summed E-state index contributed by atoms with van der Waals surface area (Å²) in [6.45, 7) is 11.1. The summed E-state index contributed by atoms with van der Waals surface area (Å²) in [7, 11) is 0. The van der Waals surface area contributed by atoms with Crippen LogP contribution in [-0.4, -0.2) is 48.6 Å². The molecule has 3 rings (SSSR count). The van der Waals surface area contributed by atoms with Gasteiger partial charge in [0.15, 0.2) is 23.3 Å². The van der Waals surface area contributed by atoms with Gasteiger partial charge in [-0.2, -0.15) is 0 Å². The molecule has 0 atom stereocenters. The zero-order valence-electron chi connectivity index (χ0n) is 18.4. The Morgan fingerprint density at radius 2 is 1.84 bits per heavy atom. The number of fused-ring (bicyclic) bond motifs is 1. The number of halogens is 2. The smallest absolute Gasteiger partial charge is 0.266 e. The molecular formula is C23H29ClFN3O2S. The fraction of sp³-hybridized carbons (Fsp3) is 0.391. The van der Waals surface area contributed by atoms with Gasteiger partial charge in [0.25, 0.3) is 5.91 Å². The van der Waals surface area contributed by atoms with Crippen molar-refractivity contribution in [3.63, 3.8) is 0 Å². The van der Waals surface area contributed by atoms with Gasteiger partial charge in [0.2, 0.25) is 0 Å². The monoisotopic (exact) mass is 465 g/mol. The molecule has 2 aromatic carbocycles. The Labute approximate surface area is 193 Å². The van der Waals surface area contributed by atoms with Crippen molar-refractivity contribution < 1.29 is 13.9 Å². The first-order chi connectivity index (χ1) is 14.4. The summed E-state index contributed by atoms with van der Waals surface area (Å²) in [5.74, 6) is -0.643. The van der Waals surface area contributed by atoms with Crippen LogP contribution in [-0.2, 0) is 4.79 Å². The molecule has 8 heteroatoms. The average molecular weight is 466 g/mol. The van der Waals surface area contributed by atoms with Crippen molar-refractivity contribution in [3.8, 4) is 5.75 Å². The van der Waals surface area contributed by atoms with E-state index in [-0.39, 0.29) is 30.7 Å². The van der Waals surface area contributed by atoms with Crippen LogP contribution in [0.5, 0.6) is 5.75 Å². The lowest BCUT2D eigenvalue weighted by atomic mass is 10.1. The number of amides is 1. The standard InChI is InChI=1S/C23H28FN3O2S.ClH/c1-5-26(6-2)11-12-27(21(28)15-29-20-10-8-7-9-18(20)24)23-25-19-14-16(3)13-17(4)22(19)30-23;/h7-10,13-14H,5-6,11-12,15H2,1-4H3;1H. The van der Waals surface area contributed by atoms with Gasteiger partial charge in [-0.1, -0.05) is 43.4 Å². The third-order valence-corrected chi connectivity index (χ3v) is 6.29. The molecule has 5 nitrogen and oxygen atoms in total. The summed E-state index contributed by atoms with van der Waals surface area (Å²) in [6.07, 6.45) is 0. The molecular weight excluding hydrogens is 437 g/mol. The Kier molecular flexibility index (Phi) is 9.22. The molecule has 0 radical (unpaired) electrons. The third kappa shape index (κ3) is 6.15. The molecule has 3 aromatic rings. The number of aryl methyl sites for hydroxylation is 2. The number of ether oxygens (including phenoxy) is 1. The van der Waals surface area contributed by atoms with Crippen LogP contribution >= 0.6 is 23.7 Å². The van der Waals surface area contributed by atoms with Gasteiger partial charge in [-0.15, -0.1) is 12.4 Å². The van der Waals surface area contributed by atoms with Crippen LogP contribution in [0.1, 0.15) is 25.0 Å². The number of hydrogen-bond donors (Lipinski definition) is 0. The second-order valence-electron chi connectivity index (χ2n) is 7.22. The first kappa shape index (κ1) is 25.0. The minimum absolute atomic E-state index is 0. The number of carbonyl (C=O) groups excluding carboxylic acids is 1. The number of para-hydroxylation sites is 1. The van der Waals surface area contributed by atoms with Crippen molar-refractivity contribution in [1.29, 1.82) is 0 Å². The highest BCUT2D eigenvalue weighted by Crippen LogP contribution is 2.32. The molecule has 168 valence electrons. The molecule has 0 N–H and O–H groups in total. The summed E-state index contributed by atoms with van der Waals surface area (Å²) < 4.78 is 20.4. The average Bonchev–Trinajstić information content (AvgIpc) is 3.14. The zero-order valence-corrected chi connectivity index (χ0v) is 20.0. The summed E-state index contributed by atoms with van der Waals surface area (Å²) >= 11 is 1.51. The number of benzene rings is 2. The van der Waals surface area contributed by atoms with E-state index in [4.69, 9.17) is 9.72 Å². The van der Waals surface area contributed by atoms with Gasteiger partial charge in [0.05, 0.1) is 10.2 Å². The van der Waals surface area contributed by atoms with Crippen LogP contribution in [0.15, 0.2) is 36.4 Å². The molecule has 0 unspecified atom stereocenters. The van der Waals surface area contributed by atoms with Crippen molar-refractivity contribution in [2.45, 2.75) is 27.7 Å². The topological polar surface area (TPSA) is 45.7 Å². The van der Waals surface area contributed by atoms with Gasteiger partial charge in [-0.25, -0.2) is 9.37 Å². The minimum atomic E-state index is -0.480. The van der Waals surface area contributed by atoms with E-state index in [0.29, 0.717) is 11.7 Å². The number of likely N-dealkylation sites (N-methyl/N-ethyl adjacent to an activating group) is 1. The van der Waals surface area contributed by atoms with Crippen LogP contribution in [0.25, 0.3) is 10.2 Å². The first-order valence-corrected chi connectivity index (χ1v) is 11.0. The van der Waals surface area contributed by atoms with E-state index < -0.39 is 5.82 Å². The van der Waals surface area contributed by atoms with Crippen LogP contribution in [0.3, 0.4) is 0 Å². The highest BCUT2D eigenvalue weighted by molar-refractivity contribution is 7.22. The normalized spacial score (nSPS) is 10.9. The lowest BCUT2D eigenvalue weighted by molar-refractivity contribution is -0.120. The summed E-state index contributed by atoms with van der Waals surface area (Å²) in [6, 6.07) is 10.3. The predicted molar refractivity (Wildman–Crippen MR) is 128 cm³/mol. The molecule has 0 aliphatic carbocycles. The molecule has 0 fully saturated rings. The van der Waals surface area contributed by atoms with E-state index in [9.17, 15) is 9.18 Å². The Morgan fingerprint density at radius 3 is 2.52 bits per heavy atom. The molecule has 0 saturated carbocycles. The van der Waals surface area contributed by atoms with Crippen LogP contribution in [0, 0.1) is 19.7 Å². The van der Waals surface area contributed by atoms with E-state index in [2.05, 4.69) is 31.7 Å². The SMILES string of the molecule is CCN(CC)CCN(C(=O)COc1ccccc1F)c1nc2cc(C)cc(C)c2s1.Cl. The molecule has 1 heterocycles. The quantitative estimate of drug-likeness (QED) is 0.434. The molecule has 1 amide bonds. The van der Waals surface area contributed by atoms with Crippen LogP contribution in [0.4, 0.5) is 9.52 Å². The van der Waals surface area contributed by atoms with Crippen molar-refractivity contribution in [2.75, 3.05) is 37.7 Å². The number of rotatable bonds is 9. The Hall–Kier alpha value is -2.22. The van der Waals surface area contributed by atoms with E-state index in [1.165, 1.54) is 23.5 Å². The maximum Gasteiger partial charge on any atom is 0.266 e. The highest BCUT2D eigenvalue weighted by Gasteiger charge is 2.22. The van der Waals surface area contributed by atoms with Crippen molar-refractivity contribution in [2.24, 2.45) is 0 Å². The number of nitrogens with zero attached hydrogens (tertiary/aromatic N) is 3. The number of aromatic nitrogens is 1. The lowest BCUT2D eigenvalue weighted by Crippen LogP contribution is -2.41.